The molecule has 0 aliphatic heterocycles. The molecule has 0 heterocycles. The number of esters is 2. The summed E-state index contributed by atoms with van der Waals surface area (Å²) in [4.78, 5) is 22.7. The maximum absolute atomic E-state index is 11.8. The SMILES string of the molecule is COC(=O)CSCCC(=O)Oc1c(C)cc(C)cc1C. The highest BCUT2D eigenvalue weighted by molar-refractivity contribution is 7.99. The van der Waals surface area contributed by atoms with Gasteiger partial charge in [-0.1, -0.05) is 17.7 Å². The molecule has 0 saturated carbocycles. The highest BCUT2D eigenvalue weighted by atomic mass is 32.2. The molecular weight excluding hydrogens is 276 g/mol. The van der Waals surface area contributed by atoms with Crippen molar-refractivity contribution in [3.8, 4) is 5.75 Å². The molecule has 20 heavy (non-hydrogen) atoms. The average molecular weight is 296 g/mol. The predicted molar refractivity (Wildman–Crippen MR) is 80.2 cm³/mol. The molecule has 1 rings (SSSR count). The van der Waals surface area contributed by atoms with Gasteiger partial charge in [-0.05, 0) is 31.9 Å². The summed E-state index contributed by atoms with van der Waals surface area (Å²) in [6, 6.07) is 3.98. The zero-order chi connectivity index (χ0) is 15.1. The molecule has 0 unspecified atom stereocenters. The minimum Gasteiger partial charge on any atom is -0.468 e. The van der Waals surface area contributed by atoms with Crippen molar-refractivity contribution in [2.45, 2.75) is 27.2 Å². The van der Waals surface area contributed by atoms with E-state index < -0.39 is 0 Å². The molecule has 0 N–H and O–H groups in total. The summed E-state index contributed by atoms with van der Waals surface area (Å²) in [5.74, 6) is 0.870. The summed E-state index contributed by atoms with van der Waals surface area (Å²) >= 11 is 1.36. The first-order valence-corrected chi connectivity index (χ1v) is 7.52. The van der Waals surface area contributed by atoms with Crippen LogP contribution in [0.2, 0.25) is 0 Å². The van der Waals surface area contributed by atoms with Gasteiger partial charge >= 0.3 is 11.9 Å². The van der Waals surface area contributed by atoms with Crippen molar-refractivity contribution in [2.24, 2.45) is 0 Å². The first-order chi connectivity index (χ1) is 9.43. The van der Waals surface area contributed by atoms with Gasteiger partial charge in [-0.2, -0.15) is 0 Å². The highest BCUT2D eigenvalue weighted by Gasteiger charge is 2.11. The second kappa shape index (κ2) is 7.94. The molecule has 1 aromatic carbocycles. The molecule has 110 valence electrons. The van der Waals surface area contributed by atoms with Crippen molar-refractivity contribution >= 4 is 23.7 Å². The van der Waals surface area contributed by atoms with Gasteiger partial charge in [-0.15, -0.1) is 11.8 Å². The average Bonchev–Trinajstić information content (AvgIpc) is 2.38. The number of carbonyl (C=O) groups excluding carboxylic acids is 2. The molecule has 5 heteroatoms. The van der Waals surface area contributed by atoms with Crippen LogP contribution in [0.5, 0.6) is 5.75 Å². The Kier molecular flexibility index (Phi) is 6.58. The fourth-order valence-electron chi connectivity index (χ4n) is 1.86. The third-order valence-electron chi connectivity index (χ3n) is 2.72. The number of ether oxygens (including phenoxy) is 2. The largest absolute Gasteiger partial charge is 0.468 e. The van der Waals surface area contributed by atoms with Gasteiger partial charge < -0.3 is 9.47 Å². The second-order valence-electron chi connectivity index (χ2n) is 4.58. The molecule has 0 atom stereocenters. The summed E-state index contributed by atoms with van der Waals surface area (Å²) in [7, 11) is 1.35. The molecule has 0 aliphatic rings. The first kappa shape index (κ1) is 16.6. The molecule has 4 nitrogen and oxygen atoms in total. The molecular formula is C15H20O4S. The molecule has 0 radical (unpaired) electrons. The van der Waals surface area contributed by atoms with Crippen molar-refractivity contribution in [1.82, 2.24) is 0 Å². The molecule has 0 saturated heterocycles. The number of rotatable bonds is 6. The Balaban J connectivity index is 2.45. The zero-order valence-corrected chi connectivity index (χ0v) is 13.1. The number of hydrogen-bond donors (Lipinski definition) is 0. The van der Waals surface area contributed by atoms with Crippen molar-refractivity contribution in [3.63, 3.8) is 0 Å². The van der Waals surface area contributed by atoms with Crippen LogP contribution >= 0.6 is 11.8 Å². The van der Waals surface area contributed by atoms with E-state index in [0.29, 0.717) is 11.5 Å². The Labute approximate surface area is 123 Å². The molecule has 0 aromatic heterocycles. The topological polar surface area (TPSA) is 52.6 Å². The minimum atomic E-state index is -0.284. The van der Waals surface area contributed by atoms with Crippen molar-refractivity contribution < 1.29 is 19.1 Å². The second-order valence-corrected chi connectivity index (χ2v) is 5.69. The smallest absolute Gasteiger partial charge is 0.315 e. The quantitative estimate of drug-likeness (QED) is 0.459. The van der Waals surface area contributed by atoms with Gasteiger partial charge in [-0.3, -0.25) is 9.59 Å². The van der Waals surface area contributed by atoms with Gasteiger partial charge in [-0.25, -0.2) is 0 Å². The van der Waals surface area contributed by atoms with Crippen LogP contribution in [-0.4, -0.2) is 30.6 Å². The number of thioether (sulfide) groups is 1. The van der Waals surface area contributed by atoms with Crippen molar-refractivity contribution in [2.75, 3.05) is 18.6 Å². The third-order valence-corrected chi connectivity index (χ3v) is 3.65. The molecule has 0 amide bonds. The standard InChI is InChI=1S/C15H20O4S/c1-10-7-11(2)15(12(3)8-10)19-13(16)5-6-20-9-14(17)18-4/h7-8H,5-6,9H2,1-4H3. The van der Waals surface area contributed by atoms with Crippen LogP contribution in [0.3, 0.4) is 0 Å². The molecule has 0 spiro atoms. The molecule has 0 bridgehead atoms. The Hall–Kier alpha value is -1.49. The lowest BCUT2D eigenvalue weighted by molar-refractivity contribution is -0.137. The summed E-state index contributed by atoms with van der Waals surface area (Å²) < 4.78 is 9.92. The van der Waals surface area contributed by atoms with E-state index in [2.05, 4.69) is 4.74 Å². The number of carbonyl (C=O) groups is 2. The highest BCUT2D eigenvalue weighted by Crippen LogP contribution is 2.25. The van der Waals surface area contributed by atoms with Crippen LogP contribution in [0.1, 0.15) is 23.1 Å². The Morgan fingerprint density at radius 1 is 1.10 bits per heavy atom. The normalized spacial score (nSPS) is 10.2. The van der Waals surface area contributed by atoms with Crippen molar-refractivity contribution in [3.05, 3.63) is 28.8 Å². The van der Waals surface area contributed by atoms with E-state index >= 15 is 0 Å². The number of methoxy groups -OCH3 is 1. The maximum Gasteiger partial charge on any atom is 0.315 e. The van der Waals surface area contributed by atoms with Gasteiger partial charge in [0, 0.05) is 5.75 Å². The van der Waals surface area contributed by atoms with Gasteiger partial charge in [0.05, 0.1) is 19.3 Å². The Morgan fingerprint density at radius 3 is 2.25 bits per heavy atom. The van der Waals surface area contributed by atoms with Crippen LogP contribution in [0.15, 0.2) is 12.1 Å². The zero-order valence-electron chi connectivity index (χ0n) is 12.3. The van der Waals surface area contributed by atoms with E-state index in [-0.39, 0.29) is 24.1 Å². The van der Waals surface area contributed by atoms with E-state index in [4.69, 9.17) is 4.74 Å². The number of benzene rings is 1. The Morgan fingerprint density at radius 2 is 1.70 bits per heavy atom. The third kappa shape index (κ3) is 5.25. The Bertz CT molecular complexity index is 474. The lowest BCUT2D eigenvalue weighted by atomic mass is 10.1. The van der Waals surface area contributed by atoms with E-state index in [1.165, 1.54) is 18.9 Å². The van der Waals surface area contributed by atoms with E-state index in [9.17, 15) is 9.59 Å². The van der Waals surface area contributed by atoms with E-state index in [1.807, 2.05) is 32.9 Å². The summed E-state index contributed by atoms with van der Waals surface area (Å²) in [6.07, 6.45) is 0.272. The van der Waals surface area contributed by atoms with Crippen molar-refractivity contribution in [1.29, 1.82) is 0 Å². The predicted octanol–water partition coefficient (Wildman–Crippen LogP) is 2.81. The summed E-state index contributed by atoms with van der Waals surface area (Å²) in [5.41, 5.74) is 3.06. The van der Waals surface area contributed by atoms with E-state index in [0.717, 1.165) is 16.7 Å². The monoisotopic (exact) mass is 296 g/mol. The summed E-state index contributed by atoms with van der Waals surface area (Å²) in [5, 5.41) is 0. The van der Waals surface area contributed by atoms with E-state index in [1.54, 1.807) is 0 Å². The molecule has 1 aromatic rings. The molecule has 0 aliphatic carbocycles. The summed E-state index contributed by atoms with van der Waals surface area (Å²) in [6.45, 7) is 5.86. The maximum atomic E-state index is 11.8. The van der Waals surface area contributed by atoms with Crippen LogP contribution < -0.4 is 4.74 Å². The van der Waals surface area contributed by atoms with Gasteiger partial charge in [0.15, 0.2) is 0 Å². The number of hydrogen-bond acceptors (Lipinski definition) is 5. The van der Waals surface area contributed by atoms with Crippen LogP contribution in [-0.2, 0) is 14.3 Å². The molecule has 0 fully saturated rings. The number of aryl methyl sites for hydroxylation is 3. The lowest BCUT2D eigenvalue weighted by Gasteiger charge is -2.11. The van der Waals surface area contributed by atoms with Crippen LogP contribution in [0, 0.1) is 20.8 Å². The van der Waals surface area contributed by atoms with Gasteiger partial charge in [0.2, 0.25) is 0 Å². The fraction of sp³-hybridized carbons (Fsp3) is 0.467. The van der Waals surface area contributed by atoms with Crippen LogP contribution in [0.25, 0.3) is 0 Å². The fourth-order valence-corrected chi connectivity index (χ4v) is 2.60. The minimum absolute atomic E-state index is 0.256. The van der Waals surface area contributed by atoms with Gasteiger partial charge in [0.25, 0.3) is 0 Å². The van der Waals surface area contributed by atoms with Gasteiger partial charge in [0.1, 0.15) is 5.75 Å². The first-order valence-electron chi connectivity index (χ1n) is 6.37. The van der Waals surface area contributed by atoms with Crippen LogP contribution in [0.4, 0.5) is 0 Å². The lowest BCUT2D eigenvalue weighted by Crippen LogP contribution is -2.12.